The van der Waals surface area contributed by atoms with Crippen LogP contribution in [0.5, 0.6) is 0 Å². The van der Waals surface area contributed by atoms with Crippen molar-refractivity contribution in [1.82, 2.24) is 0 Å². The third-order valence-corrected chi connectivity index (χ3v) is 0.879. The van der Waals surface area contributed by atoms with Gasteiger partial charge in [0, 0.05) is 0 Å². The van der Waals surface area contributed by atoms with E-state index < -0.39 is 0 Å². The fourth-order valence-electron chi connectivity index (χ4n) is 0.407. The van der Waals surface area contributed by atoms with Gasteiger partial charge in [0.1, 0.15) is 5.71 Å². The lowest BCUT2D eigenvalue weighted by molar-refractivity contribution is 0.127. The minimum Gasteiger partial charge on any atom is -0.383 e. The van der Waals surface area contributed by atoms with Crippen LogP contribution in [0.15, 0.2) is 5.16 Å². The zero-order valence-corrected chi connectivity index (χ0v) is 4.96. The molecule has 1 aliphatic heterocycles. The summed E-state index contributed by atoms with van der Waals surface area (Å²) in [5.41, 5.74) is 0.922. The molecule has 0 aromatic heterocycles. The van der Waals surface area contributed by atoms with E-state index in [0.29, 0.717) is 13.2 Å². The van der Waals surface area contributed by atoms with E-state index in [1.807, 2.05) is 0 Å². The first-order chi connectivity index (χ1) is 4.43. The van der Waals surface area contributed by atoms with Gasteiger partial charge in [-0.05, 0) is 0 Å². The average molecular weight is 125 g/mol. The Hall–Kier alpha value is -1.01. The van der Waals surface area contributed by atoms with Gasteiger partial charge in [-0.25, -0.2) is 0 Å². The van der Waals surface area contributed by atoms with E-state index >= 15 is 0 Å². The van der Waals surface area contributed by atoms with E-state index in [1.165, 1.54) is 0 Å². The fourth-order valence-corrected chi connectivity index (χ4v) is 0.407. The predicted molar refractivity (Wildman–Crippen MR) is 33.0 cm³/mol. The van der Waals surface area contributed by atoms with Crippen LogP contribution in [0.4, 0.5) is 0 Å². The summed E-state index contributed by atoms with van der Waals surface area (Å²) in [4.78, 5) is 4.66. The third-order valence-electron chi connectivity index (χ3n) is 0.879. The molecule has 0 aromatic carbocycles. The number of terminal acetylenes is 1. The summed E-state index contributed by atoms with van der Waals surface area (Å²) >= 11 is 0. The zero-order valence-electron chi connectivity index (χ0n) is 4.96. The second-order valence-electron chi connectivity index (χ2n) is 1.63. The Labute approximate surface area is 53.6 Å². The molecule has 9 heavy (non-hydrogen) atoms. The molecule has 0 saturated carbocycles. The molecule has 3 nitrogen and oxygen atoms in total. The van der Waals surface area contributed by atoms with E-state index in [0.717, 1.165) is 5.71 Å². The monoisotopic (exact) mass is 125 g/mol. The van der Waals surface area contributed by atoms with E-state index in [1.54, 1.807) is 0 Å². The number of hydrogen-bond donors (Lipinski definition) is 0. The molecule has 1 rings (SSSR count). The van der Waals surface area contributed by atoms with Crippen LogP contribution in [-0.2, 0) is 9.57 Å². The van der Waals surface area contributed by atoms with Crippen LogP contribution >= 0.6 is 0 Å². The molecule has 3 heteroatoms. The fraction of sp³-hybridized carbons (Fsp3) is 0.500. The van der Waals surface area contributed by atoms with Crippen molar-refractivity contribution in [2.24, 2.45) is 5.16 Å². The van der Waals surface area contributed by atoms with Crippen LogP contribution < -0.4 is 0 Å². The van der Waals surface area contributed by atoms with Crippen LogP contribution in [0.2, 0.25) is 0 Å². The van der Waals surface area contributed by atoms with Crippen molar-refractivity contribution in [2.75, 3.05) is 19.8 Å². The van der Waals surface area contributed by atoms with Crippen molar-refractivity contribution in [3.63, 3.8) is 0 Å². The molecule has 0 bridgehead atoms. The lowest BCUT2D eigenvalue weighted by atomic mass is 10.3. The Bertz CT molecular complexity index is 151. The van der Waals surface area contributed by atoms with Gasteiger partial charge in [-0.3, -0.25) is 0 Å². The van der Waals surface area contributed by atoms with Gasteiger partial charge in [0.25, 0.3) is 0 Å². The first-order valence-electron chi connectivity index (χ1n) is 2.62. The molecular formula is C6H7NO2. The van der Waals surface area contributed by atoms with Gasteiger partial charge in [0.2, 0.25) is 0 Å². The summed E-state index contributed by atoms with van der Waals surface area (Å²) in [6.45, 7) is 1.42. The van der Waals surface area contributed by atoms with E-state index in [-0.39, 0.29) is 6.61 Å². The normalized spacial score (nSPS) is 15.7. The smallest absolute Gasteiger partial charge is 0.177 e. The largest absolute Gasteiger partial charge is 0.383 e. The number of nitrogens with zero attached hydrogens (tertiary/aromatic N) is 1. The van der Waals surface area contributed by atoms with Crippen LogP contribution in [0, 0.1) is 12.3 Å². The van der Waals surface area contributed by atoms with Crippen molar-refractivity contribution in [3.8, 4) is 12.3 Å². The lowest BCUT2D eigenvalue weighted by Crippen LogP contribution is -2.27. The van der Waals surface area contributed by atoms with Gasteiger partial charge in [-0.15, -0.1) is 6.42 Å². The minimum atomic E-state index is 0.240. The van der Waals surface area contributed by atoms with Crippen molar-refractivity contribution in [3.05, 3.63) is 0 Å². The van der Waals surface area contributed by atoms with E-state index in [2.05, 4.69) is 15.9 Å². The van der Waals surface area contributed by atoms with Crippen molar-refractivity contribution in [1.29, 1.82) is 0 Å². The molecule has 0 aromatic rings. The summed E-state index contributed by atoms with van der Waals surface area (Å²) < 4.78 is 4.80. The van der Waals surface area contributed by atoms with Gasteiger partial charge in [0.15, 0.2) is 6.61 Å². The second-order valence-corrected chi connectivity index (χ2v) is 1.63. The SMILES string of the molecule is C#CCON=C1COC1. The molecule has 1 heterocycles. The molecule has 1 saturated heterocycles. The molecule has 0 atom stereocenters. The third kappa shape index (κ3) is 1.74. The maximum Gasteiger partial charge on any atom is 0.177 e. The molecule has 0 unspecified atom stereocenters. The van der Waals surface area contributed by atoms with Gasteiger partial charge >= 0.3 is 0 Å². The highest BCUT2D eigenvalue weighted by Gasteiger charge is 2.10. The first-order valence-corrected chi connectivity index (χ1v) is 2.62. The molecule has 0 N–H and O–H groups in total. The van der Waals surface area contributed by atoms with Crippen molar-refractivity contribution in [2.45, 2.75) is 0 Å². The van der Waals surface area contributed by atoms with Crippen LogP contribution in [0.1, 0.15) is 0 Å². The lowest BCUT2D eigenvalue weighted by Gasteiger charge is -2.13. The quantitative estimate of drug-likeness (QED) is 0.296. The van der Waals surface area contributed by atoms with Crippen LogP contribution in [0.25, 0.3) is 0 Å². The Balaban J connectivity index is 2.09. The molecule has 0 aliphatic carbocycles. The second kappa shape index (κ2) is 3.10. The van der Waals surface area contributed by atoms with Crippen LogP contribution in [0.3, 0.4) is 0 Å². The molecule has 0 spiro atoms. The molecule has 0 radical (unpaired) electrons. The van der Waals surface area contributed by atoms with Gasteiger partial charge in [-0.2, -0.15) is 0 Å². The Morgan fingerprint density at radius 3 is 3.00 bits per heavy atom. The molecule has 0 amide bonds. The highest BCUT2D eigenvalue weighted by Crippen LogP contribution is 1.95. The van der Waals surface area contributed by atoms with Crippen LogP contribution in [-0.4, -0.2) is 25.5 Å². The summed E-state index contributed by atoms with van der Waals surface area (Å²) in [5, 5.41) is 3.67. The Morgan fingerprint density at radius 1 is 1.78 bits per heavy atom. The first kappa shape index (κ1) is 6.12. The molecule has 1 fully saturated rings. The van der Waals surface area contributed by atoms with Gasteiger partial charge in [-0.1, -0.05) is 11.1 Å². The Morgan fingerprint density at radius 2 is 2.56 bits per heavy atom. The number of oxime groups is 1. The topological polar surface area (TPSA) is 30.8 Å². The average Bonchev–Trinajstić information content (AvgIpc) is 1.76. The zero-order chi connectivity index (χ0) is 6.53. The number of hydrogen-bond acceptors (Lipinski definition) is 3. The molecule has 48 valence electrons. The minimum absolute atomic E-state index is 0.240. The van der Waals surface area contributed by atoms with Crippen molar-refractivity contribution < 1.29 is 9.57 Å². The molecular weight excluding hydrogens is 118 g/mol. The summed E-state index contributed by atoms with van der Waals surface area (Å²) in [5.74, 6) is 2.30. The maximum atomic E-state index is 4.90. The van der Waals surface area contributed by atoms with Gasteiger partial charge in [0.05, 0.1) is 13.2 Å². The van der Waals surface area contributed by atoms with Crippen molar-refractivity contribution >= 4 is 5.71 Å². The highest BCUT2D eigenvalue weighted by atomic mass is 16.6. The number of ether oxygens (including phenoxy) is 1. The summed E-state index contributed by atoms with van der Waals surface area (Å²) in [7, 11) is 0. The predicted octanol–water partition coefficient (Wildman–Crippen LogP) is 0.0224. The number of rotatable bonds is 2. The standard InChI is InChI=1S/C6H7NO2/c1-2-3-9-7-6-4-8-5-6/h1H,3-5H2. The maximum absolute atomic E-state index is 4.90. The van der Waals surface area contributed by atoms with E-state index in [9.17, 15) is 0 Å². The molecule has 1 aliphatic rings. The summed E-state index contributed by atoms with van der Waals surface area (Å²) in [6.07, 6.45) is 4.90. The van der Waals surface area contributed by atoms with E-state index in [4.69, 9.17) is 11.2 Å². The summed E-state index contributed by atoms with van der Waals surface area (Å²) in [6, 6.07) is 0. The highest BCUT2D eigenvalue weighted by molar-refractivity contribution is 5.90. The van der Waals surface area contributed by atoms with Gasteiger partial charge < -0.3 is 9.57 Å². The Kier molecular flexibility index (Phi) is 2.11.